The number of aromatic nitrogens is 2. The zero-order valence-electron chi connectivity index (χ0n) is 15.8. The molecule has 0 aliphatic carbocycles. The molecule has 3 rings (SSSR count). The van der Waals surface area contributed by atoms with E-state index in [0.29, 0.717) is 27.4 Å². The van der Waals surface area contributed by atoms with Crippen molar-refractivity contribution in [1.29, 1.82) is 0 Å². The molecule has 1 heterocycles. The lowest BCUT2D eigenvalue weighted by atomic mass is 10.2. The molecule has 0 fully saturated rings. The van der Waals surface area contributed by atoms with Crippen LogP contribution in [-0.4, -0.2) is 21.6 Å². The molecule has 0 bridgehead atoms. The molecule has 2 aromatic carbocycles. The maximum atomic E-state index is 12.2. The van der Waals surface area contributed by atoms with Crippen LogP contribution in [0, 0.1) is 0 Å². The van der Waals surface area contributed by atoms with E-state index in [0.717, 1.165) is 18.5 Å². The SMILES string of the molecule is CCCc1cc(=O)[nH]c(SCC(=O)Nc2ccc(Oc3ccc(Cl)cc3)cc2)n1. The Morgan fingerprint density at radius 3 is 2.45 bits per heavy atom. The number of nitrogens with one attached hydrogen (secondary N) is 2. The third-order valence-corrected chi connectivity index (χ3v) is 4.93. The minimum absolute atomic E-state index is 0.140. The molecule has 0 aliphatic rings. The van der Waals surface area contributed by atoms with Crippen LogP contribution in [0.2, 0.25) is 5.02 Å². The number of thioether (sulfide) groups is 1. The molecular weight excluding hydrogens is 410 g/mol. The predicted octanol–water partition coefficient (Wildman–Crippen LogP) is 4.90. The van der Waals surface area contributed by atoms with Crippen molar-refractivity contribution in [3.05, 3.63) is 75.7 Å². The Morgan fingerprint density at radius 1 is 1.14 bits per heavy atom. The lowest BCUT2D eigenvalue weighted by Gasteiger charge is -2.08. The smallest absolute Gasteiger partial charge is 0.251 e. The van der Waals surface area contributed by atoms with Crippen molar-refractivity contribution in [2.75, 3.05) is 11.1 Å². The van der Waals surface area contributed by atoms with Crippen LogP contribution in [0.25, 0.3) is 0 Å². The predicted molar refractivity (Wildman–Crippen MR) is 116 cm³/mol. The number of hydrogen-bond donors (Lipinski definition) is 2. The van der Waals surface area contributed by atoms with E-state index in [9.17, 15) is 9.59 Å². The summed E-state index contributed by atoms with van der Waals surface area (Å²) in [6.07, 6.45) is 1.63. The molecule has 0 spiro atoms. The maximum absolute atomic E-state index is 12.2. The number of aromatic amines is 1. The number of carbonyl (C=O) groups is 1. The van der Waals surface area contributed by atoms with Crippen molar-refractivity contribution in [2.45, 2.75) is 24.9 Å². The highest BCUT2D eigenvalue weighted by molar-refractivity contribution is 7.99. The van der Waals surface area contributed by atoms with E-state index in [1.165, 1.54) is 17.8 Å². The number of aryl methyl sites for hydroxylation is 1. The largest absolute Gasteiger partial charge is 0.457 e. The van der Waals surface area contributed by atoms with Gasteiger partial charge in [-0.1, -0.05) is 36.7 Å². The average molecular weight is 430 g/mol. The zero-order valence-corrected chi connectivity index (χ0v) is 17.3. The highest BCUT2D eigenvalue weighted by atomic mass is 35.5. The van der Waals surface area contributed by atoms with Crippen molar-refractivity contribution in [3.8, 4) is 11.5 Å². The van der Waals surface area contributed by atoms with E-state index >= 15 is 0 Å². The molecule has 1 amide bonds. The first-order valence-electron chi connectivity index (χ1n) is 9.08. The minimum atomic E-state index is -0.206. The van der Waals surface area contributed by atoms with Gasteiger partial charge in [0.1, 0.15) is 11.5 Å². The summed E-state index contributed by atoms with van der Waals surface area (Å²) < 4.78 is 5.72. The van der Waals surface area contributed by atoms with E-state index in [1.54, 1.807) is 48.5 Å². The number of hydrogen-bond acceptors (Lipinski definition) is 5. The lowest BCUT2D eigenvalue weighted by molar-refractivity contribution is -0.113. The molecule has 0 unspecified atom stereocenters. The Labute approximate surface area is 177 Å². The fraction of sp³-hybridized carbons (Fsp3) is 0.190. The van der Waals surface area contributed by atoms with Gasteiger partial charge in [-0.25, -0.2) is 4.98 Å². The molecule has 1 aromatic heterocycles. The molecule has 0 saturated carbocycles. The first-order chi connectivity index (χ1) is 14.0. The number of nitrogens with zero attached hydrogens (tertiary/aromatic N) is 1. The van der Waals surface area contributed by atoms with Crippen LogP contribution in [0.15, 0.2) is 64.5 Å². The maximum Gasteiger partial charge on any atom is 0.251 e. The number of amides is 1. The summed E-state index contributed by atoms with van der Waals surface area (Å²) in [6, 6.07) is 15.6. The first kappa shape index (κ1) is 21.0. The average Bonchev–Trinajstić information content (AvgIpc) is 2.70. The third kappa shape index (κ3) is 6.66. The van der Waals surface area contributed by atoms with Crippen LogP contribution in [0.5, 0.6) is 11.5 Å². The Hall–Kier alpha value is -2.77. The van der Waals surface area contributed by atoms with Gasteiger partial charge in [0.15, 0.2) is 5.16 Å². The Morgan fingerprint density at radius 2 is 1.79 bits per heavy atom. The quantitative estimate of drug-likeness (QED) is 0.393. The molecule has 0 aliphatic heterocycles. The Kier molecular flexibility index (Phi) is 7.32. The fourth-order valence-electron chi connectivity index (χ4n) is 2.51. The van der Waals surface area contributed by atoms with Crippen molar-refractivity contribution in [3.63, 3.8) is 0 Å². The van der Waals surface area contributed by atoms with Gasteiger partial charge < -0.3 is 15.0 Å². The number of benzene rings is 2. The number of halogens is 1. The van der Waals surface area contributed by atoms with E-state index in [2.05, 4.69) is 15.3 Å². The molecule has 8 heteroatoms. The number of H-pyrrole nitrogens is 1. The summed E-state index contributed by atoms with van der Waals surface area (Å²) in [5.74, 6) is 1.27. The second-order valence-corrected chi connectivity index (χ2v) is 7.61. The first-order valence-corrected chi connectivity index (χ1v) is 10.4. The van der Waals surface area contributed by atoms with Gasteiger partial charge in [-0.15, -0.1) is 0 Å². The van der Waals surface area contributed by atoms with Crippen molar-refractivity contribution in [1.82, 2.24) is 9.97 Å². The normalized spacial score (nSPS) is 10.6. The summed E-state index contributed by atoms with van der Waals surface area (Å²) in [6.45, 7) is 2.02. The molecule has 150 valence electrons. The number of ether oxygens (including phenoxy) is 1. The summed E-state index contributed by atoms with van der Waals surface area (Å²) in [4.78, 5) is 30.9. The van der Waals surface area contributed by atoms with Gasteiger partial charge in [0.25, 0.3) is 5.56 Å². The summed E-state index contributed by atoms with van der Waals surface area (Å²) in [5, 5.41) is 3.90. The molecule has 6 nitrogen and oxygen atoms in total. The Balaban J connectivity index is 1.53. The van der Waals surface area contributed by atoms with Crippen LogP contribution in [0.1, 0.15) is 19.0 Å². The monoisotopic (exact) mass is 429 g/mol. The summed E-state index contributed by atoms with van der Waals surface area (Å²) in [5.41, 5.74) is 1.18. The van der Waals surface area contributed by atoms with Crippen molar-refractivity contribution in [2.24, 2.45) is 0 Å². The molecule has 0 radical (unpaired) electrons. The second kappa shape index (κ2) is 10.1. The van der Waals surface area contributed by atoms with Gasteiger partial charge in [0.05, 0.1) is 5.75 Å². The Bertz CT molecular complexity index is 1020. The van der Waals surface area contributed by atoms with E-state index < -0.39 is 0 Å². The molecule has 0 saturated heterocycles. The van der Waals surface area contributed by atoms with E-state index in [1.807, 2.05) is 6.92 Å². The molecule has 3 aromatic rings. The highest BCUT2D eigenvalue weighted by Crippen LogP contribution is 2.24. The standard InChI is InChI=1S/C21H20ClN3O3S/c1-2-3-16-12-19(26)25-21(24-16)29-13-20(27)23-15-6-10-18(11-7-15)28-17-8-4-14(22)5-9-17/h4-12H,2-3,13H2,1H3,(H,23,27)(H,24,25,26). The second-order valence-electron chi connectivity index (χ2n) is 6.21. The van der Waals surface area contributed by atoms with Gasteiger partial charge in [0.2, 0.25) is 5.91 Å². The molecule has 0 atom stereocenters. The van der Waals surface area contributed by atoms with Crippen LogP contribution < -0.4 is 15.6 Å². The number of rotatable bonds is 8. The lowest BCUT2D eigenvalue weighted by Crippen LogP contribution is -2.15. The van der Waals surface area contributed by atoms with Gasteiger partial charge in [-0.2, -0.15) is 0 Å². The molecule has 29 heavy (non-hydrogen) atoms. The van der Waals surface area contributed by atoms with Gasteiger partial charge >= 0.3 is 0 Å². The molecular formula is C21H20ClN3O3S. The topological polar surface area (TPSA) is 84.1 Å². The van der Waals surface area contributed by atoms with Gasteiger partial charge in [-0.3, -0.25) is 9.59 Å². The number of anilines is 1. The van der Waals surface area contributed by atoms with Gasteiger partial charge in [0, 0.05) is 22.5 Å². The van der Waals surface area contributed by atoms with Crippen LogP contribution in [0.3, 0.4) is 0 Å². The summed E-state index contributed by atoms with van der Waals surface area (Å²) in [7, 11) is 0. The molecule has 2 N–H and O–H groups in total. The van der Waals surface area contributed by atoms with Crippen LogP contribution in [-0.2, 0) is 11.2 Å². The zero-order chi connectivity index (χ0) is 20.6. The van der Waals surface area contributed by atoms with Crippen LogP contribution in [0.4, 0.5) is 5.69 Å². The summed E-state index contributed by atoms with van der Waals surface area (Å²) >= 11 is 7.05. The third-order valence-electron chi connectivity index (χ3n) is 3.81. The van der Waals surface area contributed by atoms with E-state index in [-0.39, 0.29) is 17.2 Å². The highest BCUT2D eigenvalue weighted by Gasteiger charge is 2.07. The minimum Gasteiger partial charge on any atom is -0.457 e. The number of carbonyl (C=O) groups excluding carboxylic acids is 1. The van der Waals surface area contributed by atoms with Crippen molar-refractivity contribution < 1.29 is 9.53 Å². The van der Waals surface area contributed by atoms with Crippen molar-refractivity contribution >= 4 is 35.0 Å². The fourth-order valence-corrected chi connectivity index (χ4v) is 3.33. The van der Waals surface area contributed by atoms with E-state index in [4.69, 9.17) is 16.3 Å². The van der Waals surface area contributed by atoms with Gasteiger partial charge in [-0.05, 0) is 55.0 Å². The van der Waals surface area contributed by atoms with Crippen LogP contribution >= 0.6 is 23.4 Å².